The predicted octanol–water partition coefficient (Wildman–Crippen LogP) is 6.99. The molecular formula is C29H26NOP. The molecule has 0 unspecified atom stereocenters. The first kappa shape index (κ1) is 19.7. The van der Waals surface area contributed by atoms with Crippen LogP contribution < -0.4 is 5.30 Å². The molecule has 158 valence electrons. The maximum atomic E-state index is 15.7. The highest BCUT2D eigenvalue weighted by Gasteiger charge is 2.65. The van der Waals surface area contributed by atoms with E-state index in [1.807, 2.05) is 6.07 Å². The van der Waals surface area contributed by atoms with Crippen LogP contribution in [0.25, 0.3) is 16.8 Å². The Bertz CT molecular complexity index is 1400. The third-order valence-electron chi connectivity index (χ3n) is 7.69. The summed E-state index contributed by atoms with van der Waals surface area (Å²) >= 11 is 0. The Morgan fingerprint density at radius 2 is 1.50 bits per heavy atom. The van der Waals surface area contributed by atoms with E-state index in [1.165, 1.54) is 16.7 Å². The first-order chi connectivity index (χ1) is 15.6. The van der Waals surface area contributed by atoms with E-state index in [0.717, 1.165) is 16.1 Å². The second kappa shape index (κ2) is 7.04. The standard InChI is InChI=1S/C29H26NOP/c1-29-25-17-9-7-12-22(25)19-20-26(29)28(23-13-4-3-5-14-23)30(2)32(29,31)27-18-10-15-21-11-6-8-16-24(21)27/h3-20,26,28H,1-2H3/t26-,28-,29-,32-/m1/s1. The average Bonchev–Trinajstić information content (AvgIpc) is 3.03. The molecule has 0 amide bonds. The van der Waals surface area contributed by atoms with Gasteiger partial charge in [0.1, 0.15) is 0 Å². The molecule has 0 bridgehead atoms. The van der Waals surface area contributed by atoms with Crippen molar-refractivity contribution in [1.29, 1.82) is 0 Å². The topological polar surface area (TPSA) is 20.3 Å². The minimum atomic E-state index is -3.07. The van der Waals surface area contributed by atoms with Gasteiger partial charge in [0, 0.05) is 17.3 Å². The number of fused-ring (bicyclic) bond motifs is 4. The van der Waals surface area contributed by atoms with Crippen LogP contribution in [0, 0.1) is 5.92 Å². The second-order valence-corrected chi connectivity index (χ2v) is 12.3. The molecule has 1 aliphatic heterocycles. The van der Waals surface area contributed by atoms with Gasteiger partial charge < -0.3 is 4.57 Å². The van der Waals surface area contributed by atoms with E-state index in [4.69, 9.17) is 0 Å². The SMILES string of the molecule is CN1[C@H](c2ccccc2)[C@H]2C=Cc3ccccc3[C@@]2(C)[P@]1(=O)c1cccc2ccccc12. The van der Waals surface area contributed by atoms with Gasteiger partial charge in [0.25, 0.3) is 0 Å². The number of hydrogen-bond acceptors (Lipinski definition) is 1. The van der Waals surface area contributed by atoms with Gasteiger partial charge in [0.2, 0.25) is 0 Å². The Labute approximate surface area is 189 Å². The van der Waals surface area contributed by atoms with Gasteiger partial charge in [-0.15, -0.1) is 0 Å². The Kier molecular flexibility index (Phi) is 4.34. The van der Waals surface area contributed by atoms with E-state index in [1.54, 1.807) is 0 Å². The molecule has 0 spiro atoms. The molecule has 1 saturated heterocycles. The van der Waals surface area contributed by atoms with Crippen LogP contribution in [0.4, 0.5) is 0 Å². The molecule has 32 heavy (non-hydrogen) atoms. The van der Waals surface area contributed by atoms with Gasteiger partial charge in [0.15, 0.2) is 7.29 Å². The van der Waals surface area contributed by atoms with Gasteiger partial charge in [0.05, 0.1) is 5.16 Å². The molecule has 3 heteroatoms. The van der Waals surface area contributed by atoms with E-state index < -0.39 is 12.4 Å². The van der Waals surface area contributed by atoms with E-state index in [9.17, 15) is 0 Å². The predicted molar refractivity (Wildman–Crippen MR) is 134 cm³/mol. The molecule has 1 aliphatic carbocycles. The smallest absolute Gasteiger partial charge is 0.190 e. The largest absolute Gasteiger partial charge is 0.300 e. The highest BCUT2D eigenvalue weighted by Crippen LogP contribution is 2.78. The summed E-state index contributed by atoms with van der Waals surface area (Å²) in [5, 5.41) is 2.66. The van der Waals surface area contributed by atoms with Crippen LogP contribution in [0.2, 0.25) is 0 Å². The van der Waals surface area contributed by atoms with Crippen molar-refractivity contribution in [2.75, 3.05) is 7.05 Å². The molecule has 0 aromatic heterocycles. The van der Waals surface area contributed by atoms with Crippen molar-refractivity contribution >= 4 is 29.4 Å². The highest BCUT2D eigenvalue weighted by molar-refractivity contribution is 7.71. The van der Waals surface area contributed by atoms with E-state index in [-0.39, 0.29) is 12.0 Å². The van der Waals surface area contributed by atoms with Crippen LogP contribution in [0.15, 0.2) is 103 Å². The fourth-order valence-corrected chi connectivity index (χ4v) is 10.3. The maximum Gasteiger partial charge on any atom is 0.190 e. The molecule has 1 heterocycles. The lowest BCUT2D eigenvalue weighted by Crippen LogP contribution is -2.34. The van der Waals surface area contributed by atoms with Gasteiger partial charge >= 0.3 is 0 Å². The molecule has 0 N–H and O–H groups in total. The fraction of sp³-hybridized carbons (Fsp3) is 0.172. The van der Waals surface area contributed by atoms with Gasteiger partial charge in [-0.3, -0.25) is 0 Å². The second-order valence-electron chi connectivity index (χ2n) is 9.12. The number of benzene rings is 4. The quantitative estimate of drug-likeness (QED) is 0.316. The fourth-order valence-electron chi connectivity index (χ4n) is 6.16. The van der Waals surface area contributed by atoms with Crippen molar-refractivity contribution in [3.8, 4) is 0 Å². The third-order valence-corrected chi connectivity index (χ3v) is 11.7. The first-order valence-electron chi connectivity index (χ1n) is 11.2. The van der Waals surface area contributed by atoms with Crippen molar-refractivity contribution in [2.45, 2.75) is 18.1 Å². The Morgan fingerprint density at radius 3 is 2.34 bits per heavy atom. The van der Waals surface area contributed by atoms with Gasteiger partial charge in [-0.1, -0.05) is 103 Å². The Hall–Kier alpha value is -2.93. The monoisotopic (exact) mass is 435 g/mol. The summed E-state index contributed by atoms with van der Waals surface area (Å²) in [4.78, 5) is 0. The van der Waals surface area contributed by atoms with Crippen molar-refractivity contribution in [3.63, 3.8) is 0 Å². The first-order valence-corrected chi connectivity index (χ1v) is 12.9. The van der Waals surface area contributed by atoms with Crippen molar-refractivity contribution in [1.82, 2.24) is 4.67 Å². The lowest BCUT2D eigenvalue weighted by atomic mass is 9.74. The van der Waals surface area contributed by atoms with Crippen LogP contribution in [0.1, 0.15) is 29.7 Å². The van der Waals surface area contributed by atoms with Gasteiger partial charge in [-0.05, 0) is 47.5 Å². The van der Waals surface area contributed by atoms with Crippen LogP contribution in [-0.2, 0) is 9.72 Å². The lowest BCUT2D eigenvalue weighted by molar-refractivity contribution is 0.332. The highest BCUT2D eigenvalue weighted by atomic mass is 31.2. The number of nitrogens with zero attached hydrogens (tertiary/aromatic N) is 1. The Morgan fingerprint density at radius 1 is 0.812 bits per heavy atom. The zero-order valence-electron chi connectivity index (χ0n) is 18.3. The van der Waals surface area contributed by atoms with Crippen LogP contribution in [0.3, 0.4) is 0 Å². The summed E-state index contributed by atoms with van der Waals surface area (Å²) in [6.07, 6.45) is 4.53. The molecule has 2 aliphatic rings. The molecule has 1 fully saturated rings. The van der Waals surface area contributed by atoms with E-state index in [2.05, 4.69) is 122 Å². The number of rotatable bonds is 2. The summed E-state index contributed by atoms with van der Waals surface area (Å²) in [7, 11) is -1.00. The van der Waals surface area contributed by atoms with Crippen molar-refractivity contribution in [3.05, 3.63) is 120 Å². The molecule has 6 rings (SSSR count). The third kappa shape index (κ3) is 2.43. The average molecular weight is 436 g/mol. The minimum Gasteiger partial charge on any atom is -0.300 e. The summed E-state index contributed by atoms with van der Waals surface area (Å²) in [6.45, 7) is 2.24. The van der Waals surface area contributed by atoms with Gasteiger partial charge in [-0.25, -0.2) is 4.67 Å². The molecule has 2 nitrogen and oxygen atoms in total. The minimum absolute atomic E-state index is 0.0376. The van der Waals surface area contributed by atoms with Crippen molar-refractivity contribution < 1.29 is 4.57 Å². The summed E-state index contributed by atoms with van der Waals surface area (Å²) < 4.78 is 17.9. The lowest BCUT2D eigenvalue weighted by Gasteiger charge is -2.40. The Balaban J connectivity index is 1.70. The molecule has 0 saturated carbocycles. The molecule has 4 aromatic rings. The van der Waals surface area contributed by atoms with E-state index in [0.29, 0.717) is 0 Å². The maximum absolute atomic E-state index is 15.7. The van der Waals surface area contributed by atoms with Gasteiger partial charge in [-0.2, -0.15) is 0 Å². The van der Waals surface area contributed by atoms with Crippen molar-refractivity contribution in [2.24, 2.45) is 5.92 Å². The zero-order valence-corrected chi connectivity index (χ0v) is 19.2. The molecular weight excluding hydrogens is 409 g/mol. The van der Waals surface area contributed by atoms with Crippen LogP contribution in [0.5, 0.6) is 0 Å². The summed E-state index contributed by atoms with van der Waals surface area (Å²) in [5.41, 5.74) is 3.58. The van der Waals surface area contributed by atoms with Crippen LogP contribution >= 0.6 is 7.29 Å². The summed E-state index contributed by atoms with van der Waals surface area (Å²) in [6, 6.07) is 33.7. The molecule has 4 atom stereocenters. The number of hydrogen-bond donors (Lipinski definition) is 0. The molecule has 0 radical (unpaired) electrons. The van der Waals surface area contributed by atoms with Crippen LogP contribution in [-0.4, -0.2) is 11.7 Å². The van der Waals surface area contributed by atoms with E-state index >= 15 is 4.57 Å². The zero-order chi connectivity index (χ0) is 21.9. The normalized spacial score (nSPS) is 29.1. The summed E-state index contributed by atoms with van der Waals surface area (Å²) in [5.74, 6) is 0.106. The molecule has 4 aromatic carbocycles.